The number of rotatable bonds is 7. The van der Waals surface area contributed by atoms with Gasteiger partial charge in [-0.2, -0.15) is 5.10 Å². The summed E-state index contributed by atoms with van der Waals surface area (Å²) in [6.45, 7) is 5.53. The third-order valence-electron chi connectivity index (χ3n) is 4.59. The molecule has 0 radical (unpaired) electrons. The van der Waals surface area contributed by atoms with Crippen molar-refractivity contribution < 1.29 is 14.3 Å². The van der Waals surface area contributed by atoms with E-state index in [-0.39, 0.29) is 24.0 Å². The predicted molar refractivity (Wildman–Crippen MR) is 129 cm³/mol. The monoisotopic (exact) mass is 529 g/mol. The number of carbonyl (C=O) groups excluding carboxylic acids is 1. The SMILES string of the molecule is CN=C(NCc1ccc(C(=O)OC)c(OC)c1)N(C)Cc1cn(C)nc1C(C)C.I. The summed E-state index contributed by atoms with van der Waals surface area (Å²) < 4.78 is 12.0. The highest BCUT2D eigenvalue weighted by Gasteiger charge is 2.16. The number of ether oxygens (including phenoxy) is 2. The van der Waals surface area contributed by atoms with Crippen LogP contribution in [0.2, 0.25) is 0 Å². The number of esters is 1. The molecule has 1 aromatic heterocycles. The zero-order chi connectivity index (χ0) is 21.6. The van der Waals surface area contributed by atoms with Crippen LogP contribution in [0.15, 0.2) is 29.4 Å². The minimum atomic E-state index is -0.422. The highest BCUT2D eigenvalue weighted by Crippen LogP contribution is 2.21. The number of benzene rings is 1. The Morgan fingerprint density at radius 2 is 2.03 bits per heavy atom. The Morgan fingerprint density at radius 1 is 1.33 bits per heavy atom. The summed E-state index contributed by atoms with van der Waals surface area (Å²) >= 11 is 0. The second kappa shape index (κ2) is 11.8. The third kappa shape index (κ3) is 6.35. The third-order valence-corrected chi connectivity index (χ3v) is 4.59. The molecule has 0 saturated carbocycles. The average molecular weight is 529 g/mol. The van der Waals surface area contributed by atoms with E-state index in [4.69, 9.17) is 9.47 Å². The molecule has 1 N–H and O–H groups in total. The number of guanidine groups is 1. The predicted octanol–water partition coefficient (Wildman–Crippen LogP) is 3.16. The van der Waals surface area contributed by atoms with Gasteiger partial charge in [0.1, 0.15) is 11.3 Å². The number of methoxy groups -OCH3 is 2. The van der Waals surface area contributed by atoms with Crippen LogP contribution in [-0.2, 0) is 24.9 Å². The van der Waals surface area contributed by atoms with Crippen molar-refractivity contribution in [3.05, 3.63) is 46.8 Å². The summed E-state index contributed by atoms with van der Waals surface area (Å²) in [5.41, 5.74) is 3.64. The lowest BCUT2D eigenvalue weighted by molar-refractivity contribution is 0.0597. The number of aromatic nitrogens is 2. The van der Waals surface area contributed by atoms with E-state index in [2.05, 4.69) is 40.4 Å². The zero-order valence-corrected chi connectivity index (χ0v) is 21.1. The van der Waals surface area contributed by atoms with E-state index in [1.807, 2.05) is 30.9 Å². The first-order chi connectivity index (χ1) is 13.8. The van der Waals surface area contributed by atoms with Crippen molar-refractivity contribution in [2.75, 3.05) is 28.3 Å². The van der Waals surface area contributed by atoms with E-state index in [0.717, 1.165) is 17.2 Å². The van der Waals surface area contributed by atoms with Crippen molar-refractivity contribution in [3.8, 4) is 5.75 Å². The largest absolute Gasteiger partial charge is 0.496 e. The molecule has 2 aromatic rings. The van der Waals surface area contributed by atoms with Gasteiger partial charge in [0, 0.05) is 46.0 Å². The van der Waals surface area contributed by atoms with Gasteiger partial charge in [0.05, 0.1) is 19.9 Å². The van der Waals surface area contributed by atoms with Crippen LogP contribution in [0.25, 0.3) is 0 Å². The molecule has 30 heavy (non-hydrogen) atoms. The van der Waals surface area contributed by atoms with Crippen molar-refractivity contribution in [2.24, 2.45) is 12.0 Å². The zero-order valence-electron chi connectivity index (χ0n) is 18.7. The fraction of sp³-hybridized carbons (Fsp3) is 0.476. The number of aliphatic imine (C=N–C) groups is 1. The molecular weight excluding hydrogens is 497 g/mol. The quantitative estimate of drug-likeness (QED) is 0.257. The number of halogens is 1. The van der Waals surface area contributed by atoms with Crippen molar-refractivity contribution in [1.29, 1.82) is 0 Å². The fourth-order valence-electron chi connectivity index (χ4n) is 3.18. The summed E-state index contributed by atoms with van der Waals surface area (Å²) in [6.07, 6.45) is 2.05. The molecule has 0 aliphatic heterocycles. The molecule has 0 aliphatic rings. The molecule has 2 rings (SSSR count). The molecule has 1 aromatic carbocycles. The van der Waals surface area contributed by atoms with Crippen LogP contribution in [0.1, 0.15) is 46.9 Å². The summed E-state index contributed by atoms with van der Waals surface area (Å²) in [4.78, 5) is 18.2. The molecule has 166 valence electrons. The molecule has 8 nitrogen and oxygen atoms in total. The molecule has 9 heteroatoms. The smallest absolute Gasteiger partial charge is 0.341 e. The van der Waals surface area contributed by atoms with Gasteiger partial charge in [0.25, 0.3) is 0 Å². The molecule has 0 atom stereocenters. The van der Waals surface area contributed by atoms with E-state index in [9.17, 15) is 4.79 Å². The van der Waals surface area contributed by atoms with Crippen LogP contribution in [0, 0.1) is 0 Å². The van der Waals surface area contributed by atoms with Crippen LogP contribution in [0.3, 0.4) is 0 Å². The molecule has 0 spiro atoms. The molecule has 0 amide bonds. The van der Waals surface area contributed by atoms with Crippen LogP contribution in [-0.4, -0.2) is 54.9 Å². The number of aryl methyl sites for hydroxylation is 1. The fourth-order valence-corrected chi connectivity index (χ4v) is 3.18. The van der Waals surface area contributed by atoms with Crippen molar-refractivity contribution >= 4 is 35.9 Å². The van der Waals surface area contributed by atoms with E-state index in [1.54, 1.807) is 13.1 Å². The maximum atomic E-state index is 11.8. The van der Waals surface area contributed by atoms with Gasteiger partial charge in [-0.1, -0.05) is 19.9 Å². The Bertz CT molecular complexity index is 880. The minimum absolute atomic E-state index is 0. The Morgan fingerprint density at radius 3 is 2.60 bits per heavy atom. The van der Waals surface area contributed by atoms with Crippen LogP contribution in [0.5, 0.6) is 5.75 Å². The maximum Gasteiger partial charge on any atom is 0.341 e. The molecule has 1 heterocycles. The van der Waals surface area contributed by atoms with Gasteiger partial charge in [-0.15, -0.1) is 24.0 Å². The van der Waals surface area contributed by atoms with E-state index in [1.165, 1.54) is 19.8 Å². The van der Waals surface area contributed by atoms with Gasteiger partial charge in [-0.3, -0.25) is 9.67 Å². The van der Waals surface area contributed by atoms with Gasteiger partial charge < -0.3 is 19.7 Å². The first-order valence-corrected chi connectivity index (χ1v) is 9.50. The van der Waals surface area contributed by atoms with Gasteiger partial charge in [0.15, 0.2) is 5.96 Å². The normalized spacial score (nSPS) is 11.1. The number of nitrogens with one attached hydrogen (secondary N) is 1. The lowest BCUT2D eigenvalue weighted by Crippen LogP contribution is -2.38. The van der Waals surface area contributed by atoms with Crippen LogP contribution >= 0.6 is 24.0 Å². The molecular formula is C21H32IN5O3. The lowest BCUT2D eigenvalue weighted by atomic mass is 10.1. The maximum absolute atomic E-state index is 11.8. The van der Waals surface area contributed by atoms with Gasteiger partial charge in [-0.25, -0.2) is 4.79 Å². The standard InChI is InChI=1S/C21H31N5O3.HI/c1-14(2)19-16(13-26(5)24-19)12-25(4)21(22-3)23-11-15-8-9-17(20(27)29-7)18(10-15)28-6;/h8-10,13-14H,11-12H2,1-7H3,(H,22,23);1H. The summed E-state index contributed by atoms with van der Waals surface area (Å²) in [5.74, 6) is 1.18. The van der Waals surface area contributed by atoms with Crippen LogP contribution < -0.4 is 10.1 Å². The topological polar surface area (TPSA) is 81.0 Å². The highest BCUT2D eigenvalue weighted by atomic mass is 127. The van der Waals surface area contributed by atoms with Gasteiger partial charge in [-0.05, 0) is 23.6 Å². The average Bonchev–Trinajstić information content (AvgIpc) is 3.07. The van der Waals surface area contributed by atoms with Gasteiger partial charge >= 0.3 is 5.97 Å². The molecule has 0 bridgehead atoms. The highest BCUT2D eigenvalue weighted by molar-refractivity contribution is 14.0. The summed E-state index contributed by atoms with van der Waals surface area (Å²) in [5, 5.41) is 7.92. The van der Waals surface area contributed by atoms with Crippen molar-refractivity contribution in [2.45, 2.75) is 32.9 Å². The summed E-state index contributed by atoms with van der Waals surface area (Å²) in [6, 6.07) is 5.40. The Kier molecular flexibility index (Phi) is 10.1. The first-order valence-electron chi connectivity index (χ1n) is 9.50. The molecule has 0 fully saturated rings. The number of hydrogen-bond donors (Lipinski definition) is 1. The summed E-state index contributed by atoms with van der Waals surface area (Å²) in [7, 11) is 8.57. The Hall–Kier alpha value is -2.30. The Labute approximate surface area is 195 Å². The van der Waals surface area contributed by atoms with Gasteiger partial charge in [0.2, 0.25) is 0 Å². The van der Waals surface area contributed by atoms with Crippen molar-refractivity contribution in [1.82, 2.24) is 20.0 Å². The minimum Gasteiger partial charge on any atom is -0.496 e. The second-order valence-corrected chi connectivity index (χ2v) is 7.15. The van der Waals surface area contributed by atoms with Crippen LogP contribution in [0.4, 0.5) is 0 Å². The molecule has 0 aliphatic carbocycles. The number of hydrogen-bond acceptors (Lipinski definition) is 5. The van der Waals surface area contributed by atoms with E-state index in [0.29, 0.717) is 30.3 Å². The van der Waals surface area contributed by atoms with Crippen molar-refractivity contribution in [3.63, 3.8) is 0 Å². The first kappa shape index (κ1) is 25.7. The Balaban J connectivity index is 0.00000450. The van der Waals surface area contributed by atoms with E-state index >= 15 is 0 Å². The van der Waals surface area contributed by atoms with E-state index < -0.39 is 5.97 Å². The number of nitrogens with zero attached hydrogens (tertiary/aromatic N) is 4. The molecule has 0 unspecified atom stereocenters. The number of carbonyl (C=O) groups is 1. The molecule has 0 saturated heterocycles. The second-order valence-electron chi connectivity index (χ2n) is 7.15. The lowest BCUT2D eigenvalue weighted by Gasteiger charge is -2.22.